The van der Waals surface area contributed by atoms with E-state index in [1.807, 2.05) is 25.5 Å². The number of sulfone groups is 1. The van der Waals surface area contributed by atoms with Crippen molar-refractivity contribution >= 4 is 77.8 Å². The van der Waals surface area contributed by atoms with Crippen LogP contribution in [-0.2, 0) is 72.0 Å². The Labute approximate surface area is 599 Å². The summed E-state index contributed by atoms with van der Waals surface area (Å²) in [5.41, 5.74) is 7.31. The number of aliphatic carboxylic acids is 1. The predicted molar refractivity (Wildman–Crippen MR) is 381 cm³/mol. The van der Waals surface area contributed by atoms with Crippen LogP contribution in [0.2, 0.25) is 5.02 Å². The Hall–Kier alpha value is -10.6. The van der Waals surface area contributed by atoms with Crippen molar-refractivity contribution in [2.24, 2.45) is 17.6 Å². The molecule has 1 atom stereocenters. The smallest absolute Gasteiger partial charge is 0.400 e. The van der Waals surface area contributed by atoms with Gasteiger partial charge in [0.15, 0.2) is 27.3 Å². The quantitative estimate of drug-likeness (QED) is 0.0431. The number of aryl methyl sites for hydroxylation is 4. The van der Waals surface area contributed by atoms with Gasteiger partial charge < -0.3 is 48.5 Å². The molecule has 1 aliphatic carbocycles. The number of oxazole rings is 1. The van der Waals surface area contributed by atoms with Crippen LogP contribution in [0.4, 0.5) is 0 Å². The molecule has 9 aromatic rings. The average Bonchev–Trinajstić information content (AvgIpc) is 1.65. The number of ether oxygens (including phenoxy) is 5. The van der Waals surface area contributed by atoms with E-state index in [-0.39, 0.29) is 67.7 Å². The number of methoxy groups -OCH3 is 1. The number of fused-ring (bicyclic) bond motifs is 2. The second-order valence-corrected chi connectivity index (χ2v) is 29.3. The maximum absolute atomic E-state index is 13.5. The fraction of sp³-hybridized carbons (Fsp3) is 0.329. The number of ketones is 1. The molecule has 4 N–H and O–H groups in total. The Kier molecular flexibility index (Phi) is 24.2. The molecule has 3 aliphatic rings. The van der Waals surface area contributed by atoms with E-state index in [4.69, 9.17) is 49.6 Å². The van der Waals surface area contributed by atoms with Crippen LogP contribution in [0.25, 0.3) is 22.2 Å². The molecule has 2 amide bonds. The number of hydrogen-bond donors (Lipinski definition) is 4. The molecule has 27 nitrogen and oxygen atoms in total. The molecule has 1 saturated carbocycles. The van der Waals surface area contributed by atoms with Crippen molar-refractivity contribution in [1.82, 2.24) is 34.2 Å². The van der Waals surface area contributed by atoms with Gasteiger partial charge in [0.25, 0.3) is 27.4 Å². The Morgan fingerprint density at radius 2 is 1.44 bits per heavy atom. The number of para-hydroxylation sites is 1. The van der Waals surface area contributed by atoms with Crippen molar-refractivity contribution < 1.29 is 84.0 Å². The fourth-order valence-corrected chi connectivity index (χ4v) is 12.9. The van der Waals surface area contributed by atoms with E-state index in [0.29, 0.717) is 101 Å². The summed E-state index contributed by atoms with van der Waals surface area (Å²) < 4.78 is 88.5. The number of amides is 2. The molecular formula is C73H79ClN8O19S2. The van der Waals surface area contributed by atoms with Gasteiger partial charge >= 0.3 is 18.0 Å². The number of oxime groups is 1. The molecule has 0 spiro atoms. The summed E-state index contributed by atoms with van der Waals surface area (Å²) >= 11 is 5.88. The zero-order valence-electron chi connectivity index (χ0n) is 58.5. The normalized spacial score (nSPS) is 13.7. The summed E-state index contributed by atoms with van der Waals surface area (Å²) in [5, 5.41) is 29.9. The molecule has 6 aromatic carbocycles. The van der Waals surface area contributed by atoms with Gasteiger partial charge in [-0.3, -0.25) is 24.0 Å². The van der Waals surface area contributed by atoms with Crippen LogP contribution in [0.15, 0.2) is 146 Å². The number of hydrogen-bond acceptors (Lipinski definition) is 21. The first-order valence-electron chi connectivity index (χ1n) is 32.7. The molecule has 103 heavy (non-hydrogen) atoms. The third-order valence-corrected chi connectivity index (χ3v) is 19.1. The topological polar surface area (TPSA) is 357 Å². The minimum absolute atomic E-state index is 0.0493. The predicted octanol–water partition coefficient (Wildman–Crippen LogP) is 10.8. The highest BCUT2D eigenvalue weighted by Crippen LogP contribution is 2.38. The number of nitrogens with one attached hydrogen (secondary N) is 2. The molecule has 0 bridgehead atoms. The van der Waals surface area contributed by atoms with Gasteiger partial charge in [-0.05, 0) is 174 Å². The molecule has 544 valence electrons. The highest BCUT2D eigenvalue weighted by atomic mass is 35.5. The number of benzene rings is 6. The molecule has 12 rings (SSSR count). The SMILES string of the molecule is CC(Oc1ccc(Oc2nc3ccc(Cl)cc3o2)cc1)C(=O)O.CCc1cc(C)cc(CC)c1-c1c(OC(=O)C(C)(C)C)n2n(c1=O)CCOCC2.COc1ccccc1C(=O)NS(=O)(=O)c1ccc(C(=O)NC2CC2)cc1.Cc1c(C(=O)c2cnn(C)c2O)ccc(S(C)(=O)=O)c1C1=NOCC1. The zero-order chi connectivity index (χ0) is 74.8. The van der Waals surface area contributed by atoms with Crippen LogP contribution in [0.1, 0.15) is 125 Å². The van der Waals surface area contributed by atoms with E-state index in [1.165, 1.54) is 80.0 Å². The van der Waals surface area contributed by atoms with E-state index < -0.39 is 49.0 Å². The number of aromatic hydroxyl groups is 1. The lowest BCUT2D eigenvalue weighted by Crippen LogP contribution is -2.31. The summed E-state index contributed by atoms with van der Waals surface area (Å²) in [5.74, 6) is -1.59. The minimum atomic E-state index is -4.07. The fourth-order valence-electron chi connectivity index (χ4n) is 10.8. The number of carbonyl (C=O) groups is 5. The molecule has 1 fully saturated rings. The van der Waals surface area contributed by atoms with Crippen molar-refractivity contribution in [1.29, 1.82) is 0 Å². The number of carbonyl (C=O) groups excluding carboxylic acids is 4. The van der Waals surface area contributed by atoms with Crippen LogP contribution in [-0.4, -0.2) is 132 Å². The molecule has 0 radical (unpaired) electrons. The summed E-state index contributed by atoms with van der Waals surface area (Å²) in [6.45, 7) is 17.0. The standard InChI is InChI=1S/C23H32N2O4.C18H18N2O5S.C16H12ClNO5.C16H17N3O5S/c1-7-16-13-15(3)14-17(8-2)18(16)19-20(26)24-9-11-28-12-10-25(24)21(19)29-22(27)23(4,5)6;1-25-16-5-3-2-4-15(16)18(22)20-26(23,24)14-10-6-12(7-11-14)17(21)19-13-8-9-13;1-9(15(19)20)21-11-3-5-12(6-4-11)22-16-18-13-7-2-10(17)8-14(13)23-16;1-9-10(15(20)11-8-17-19(2)16(11)21)4-5-13(25(3,22)23)14(9)12-6-7-24-18-12/h13-14H,7-12H2,1-6H3;2-7,10-11,13H,8-9H2,1H3,(H,19,21)(H,20,22);2-9H,1H3,(H,19,20);4-5,8,21H,6-7H2,1-3H3. The van der Waals surface area contributed by atoms with Gasteiger partial charge in [0.2, 0.25) is 11.8 Å². The minimum Gasteiger partial charge on any atom is -0.496 e. The Morgan fingerprint density at radius 3 is 2.02 bits per heavy atom. The van der Waals surface area contributed by atoms with Gasteiger partial charge in [-0.25, -0.2) is 40.4 Å². The average molecular weight is 1470 g/mol. The number of esters is 1. The van der Waals surface area contributed by atoms with Crippen molar-refractivity contribution in [2.75, 3.05) is 33.2 Å². The number of carboxylic acids is 1. The second kappa shape index (κ2) is 32.6. The lowest BCUT2D eigenvalue weighted by Gasteiger charge is -2.19. The Balaban J connectivity index is 0.000000160. The van der Waals surface area contributed by atoms with E-state index in [9.17, 15) is 50.7 Å². The molecular weight excluding hydrogens is 1390 g/mol. The third kappa shape index (κ3) is 18.5. The molecule has 2 aliphatic heterocycles. The van der Waals surface area contributed by atoms with Gasteiger partial charge in [-0.15, -0.1) is 0 Å². The number of sulfonamides is 1. The third-order valence-electron chi connectivity index (χ3n) is 16.4. The van der Waals surface area contributed by atoms with Gasteiger partial charge in [-0.2, -0.15) is 10.1 Å². The second-order valence-electron chi connectivity index (χ2n) is 25.2. The van der Waals surface area contributed by atoms with E-state index in [0.717, 1.165) is 48.6 Å². The van der Waals surface area contributed by atoms with Crippen molar-refractivity contribution in [2.45, 2.75) is 123 Å². The first-order valence-corrected chi connectivity index (χ1v) is 36.5. The molecule has 3 aromatic heterocycles. The van der Waals surface area contributed by atoms with Crippen molar-refractivity contribution in [3.63, 3.8) is 0 Å². The summed E-state index contributed by atoms with van der Waals surface area (Å²) in [7, 11) is -4.68. The first-order chi connectivity index (χ1) is 48.8. The largest absolute Gasteiger partial charge is 0.496 e. The Morgan fingerprint density at radius 1 is 0.786 bits per heavy atom. The number of carboxylic acid groups (broad SMARTS) is 1. The molecule has 0 saturated heterocycles. The first kappa shape index (κ1) is 76.6. The Bertz CT molecular complexity index is 4990. The maximum Gasteiger partial charge on any atom is 0.400 e. The van der Waals surface area contributed by atoms with E-state index in [1.54, 1.807) is 77.0 Å². The van der Waals surface area contributed by atoms with Crippen molar-refractivity contribution in [3.05, 3.63) is 187 Å². The van der Waals surface area contributed by atoms with Crippen LogP contribution in [0.5, 0.6) is 35.1 Å². The van der Waals surface area contributed by atoms with Gasteiger partial charge in [-0.1, -0.05) is 60.4 Å². The highest BCUT2D eigenvalue weighted by Gasteiger charge is 2.34. The maximum atomic E-state index is 13.5. The number of nitrogens with zero attached hydrogens (tertiary/aromatic N) is 6. The van der Waals surface area contributed by atoms with Crippen LogP contribution in [0, 0.1) is 19.3 Å². The van der Waals surface area contributed by atoms with Gasteiger partial charge in [0.1, 0.15) is 40.5 Å². The highest BCUT2D eigenvalue weighted by molar-refractivity contribution is 7.91. The van der Waals surface area contributed by atoms with Crippen LogP contribution < -0.4 is 34.5 Å². The van der Waals surface area contributed by atoms with Crippen molar-refractivity contribution in [3.8, 4) is 46.2 Å². The summed E-state index contributed by atoms with van der Waals surface area (Å²) in [6.07, 6.45) is 5.53. The lowest BCUT2D eigenvalue weighted by atomic mass is 9.91. The van der Waals surface area contributed by atoms with Crippen LogP contribution in [0.3, 0.4) is 0 Å². The zero-order valence-corrected chi connectivity index (χ0v) is 60.9. The summed E-state index contributed by atoms with van der Waals surface area (Å²) in [6, 6.07) is 30.6. The molecule has 30 heteroatoms. The number of rotatable bonds is 19. The number of aromatic nitrogens is 5. The number of halogens is 1. The molecule has 1 unspecified atom stereocenters. The molecule has 5 heterocycles. The summed E-state index contributed by atoms with van der Waals surface area (Å²) in [4.78, 5) is 83.3. The van der Waals surface area contributed by atoms with E-state index in [2.05, 4.69) is 53.5 Å². The van der Waals surface area contributed by atoms with Gasteiger partial charge in [0.05, 0.1) is 66.1 Å². The lowest BCUT2D eigenvalue weighted by molar-refractivity contribution is -0.144. The monoisotopic (exact) mass is 1470 g/mol. The van der Waals surface area contributed by atoms with E-state index >= 15 is 0 Å². The van der Waals surface area contributed by atoms with Gasteiger partial charge in [0, 0.05) is 53.5 Å². The van der Waals surface area contributed by atoms with Crippen LogP contribution >= 0.6 is 11.6 Å².